The van der Waals surface area contributed by atoms with Crippen molar-refractivity contribution in [2.75, 3.05) is 0 Å². The zero-order chi connectivity index (χ0) is 17.2. The first-order chi connectivity index (χ1) is 12.3. The molecule has 1 aromatic carbocycles. The average Bonchev–Trinajstić information content (AvgIpc) is 3.02. The fourth-order valence-electron chi connectivity index (χ4n) is 2.64. The van der Waals surface area contributed by atoms with Gasteiger partial charge in [-0.1, -0.05) is 30.9 Å². The first-order valence-corrected chi connectivity index (χ1v) is 7.76. The lowest BCUT2D eigenvalue weighted by Gasteiger charge is -2.04. The molecule has 0 aliphatic rings. The molecule has 0 fully saturated rings. The van der Waals surface area contributed by atoms with Crippen molar-refractivity contribution in [3.8, 4) is 11.5 Å². The van der Waals surface area contributed by atoms with Crippen molar-refractivity contribution in [3.05, 3.63) is 78.5 Å². The van der Waals surface area contributed by atoms with Gasteiger partial charge in [-0.2, -0.15) is 5.10 Å². The smallest absolute Gasteiger partial charge is 0.180 e. The first-order valence-electron chi connectivity index (χ1n) is 7.76. The Morgan fingerprint density at radius 2 is 1.84 bits per heavy atom. The van der Waals surface area contributed by atoms with Gasteiger partial charge in [-0.15, -0.1) is 0 Å². The minimum Gasteiger partial charge on any atom is -0.242 e. The average molecular weight is 331 g/mol. The predicted octanol–water partition coefficient (Wildman–Crippen LogP) is 3.72. The quantitative estimate of drug-likeness (QED) is 0.572. The molecular formula is C19H14FN5. The second-order valence-electron chi connectivity index (χ2n) is 5.52. The summed E-state index contributed by atoms with van der Waals surface area (Å²) in [5.41, 5.74) is 2.66. The summed E-state index contributed by atoms with van der Waals surface area (Å²) in [5.74, 6) is 0.228. The van der Waals surface area contributed by atoms with E-state index in [9.17, 15) is 4.39 Å². The molecule has 122 valence electrons. The van der Waals surface area contributed by atoms with Crippen LogP contribution in [-0.4, -0.2) is 24.7 Å². The molecule has 3 aromatic heterocycles. The summed E-state index contributed by atoms with van der Waals surface area (Å²) in [4.78, 5) is 13.1. The van der Waals surface area contributed by atoms with Crippen LogP contribution in [0.4, 0.5) is 4.39 Å². The molecule has 3 heterocycles. The number of rotatable bonds is 4. The second kappa shape index (κ2) is 6.24. The number of halogens is 1. The summed E-state index contributed by atoms with van der Waals surface area (Å²) >= 11 is 0. The van der Waals surface area contributed by atoms with Crippen LogP contribution in [0.3, 0.4) is 0 Å². The third-order valence-corrected chi connectivity index (χ3v) is 3.90. The topological polar surface area (TPSA) is 56.5 Å². The van der Waals surface area contributed by atoms with E-state index in [1.807, 2.05) is 12.1 Å². The van der Waals surface area contributed by atoms with Crippen LogP contribution in [0.1, 0.15) is 11.1 Å². The maximum atomic E-state index is 14.0. The molecule has 0 aliphatic heterocycles. The Labute approximate surface area is 143 Å². The van der Waals surface area contributed by atoms with E-state index in [-0.39, 0.29) is 12.4 Å². The summed E-state index contributed by atoms with van der Waals surface area (Å²) in [7, 11) is 0. The van der Waals surface area contributed by atoms with E-state index in [1.54, 1.807) is 47.5 Å². The number of benzene rings is 1. The normalized spacial score (nSPS) is 10.9. The third kappa shape index (κ3) is 2.78. The zero-order valence-electron chi connectivity index (χ0n) is 13.3. The van der Waals surface area contributed by atoms with Crippen molar-refractivity contribution in [3.63, 3.8) is 0 Å². The highest BCUT2D eigenvalue weighted by Crippen LogP contribution is 2.25. The lowest BCUT2D eigenvalue weighted by atomic mass is 10.2. The summed E-state index contributed by atoms with van der Waals surface area (Å²) in [5, 5.41) is 5.41. The van der Waals surface area contributed by atoms with Gasteiger partial charge < -0.3 is 0 Å². The van der Waals surface area contributed by atoms with Crippen LogP contribution >= 0.6 is 0 Å². The molecule has 0 aliphatic carbocycles. The third-order valence-electron chi connectivity index (χ3n) is 3.90. The van der Waals surface area contributed by atoms with Gasteiger partial charge in [0, 0.05) is 29.7 Å². The Balaban J connectivity index is 1.83. The second-order valence-corrected chi connectivity index (χ2v) is 5.52. The van der Waals surface area contributed by atoms with Crippen molar-refractivity contribution >= 4 is 17.1 Å². The highest BCUT2D eigenvalue weighted by Gasteiger charge is 2.16. The van der Waals surface area contributed by atoms with E-state index in [1.165, 1.54) is 6.07 Å². The molecule has 0 radical (unpaired) electrons. The van der Waals surface area contributed by atoms with Crippen LogP contribution in [0.25, 0.3) is 28.6 Å². The summed E-state index contributed by atoms with van der Waals surface area (Å²) in [6, 6.07) is 10.4. The Morgan fingerprint density at radius 3 is 2.60 bits per heavy atom. The van der Waals surface area contributed by atoms with E-state index < -0.39 is 0 Å². The van der Waals surface area contributed by atoms with Gasteiger partial charge in [0.1, 0.15) is 11.5 Å². The summed E-state index contributed by atoms with van der Waals surface area (Å²) < 4.78 is 15.7. The molecule has 0 amide bonds. The van der Waals surface area contributed by atoms with Gasteiger partial charge in [0.05, 0.1) is 11.9 Å². The van der Waals surface area contributed by atoms with Crippen LogP contribution in [0, 0.1) is 5.82 Å². The van der Waals surface area contributed by atoms with Gasteiger partial charge in [0.15, 0.2) is 11.5 Å². The SMILES string of the molecule is C=Cc1cnc(-c2nn(Cc3ccccc3F)c3ncccc23)nc1. The molecule has 0 N–H and O–H groups in total. The van der Waals surface area contributed by atoms with Crippen molar-refractivity contribution in [2.24, 2.45) is 0 Å². The maximum absolute atomic E-state index is 14.0. The van der Waals surface area contributed by atoms with Crippen molar-refractivity contribution in [2.45, 2.75) is 6.54 Å². The van der Waals surface area contributed by atoms with Gasteiger partial charge in [-0.25, -0.2) is 24.0 Å². The molecule has 5 nitrogen and oxygen atoms in total. The lowest BCUT2D eigenvalue weighted by Crippen LogP contribution is -2.04. The van der Waals surface area contributed by atoms with Crippen LogP contribution in [0.15, 0.2) is 61.6 Å². The number of hydrogen-bond donors (Lipinski definition) is 0. The van der Waals surface area contributed by atoms with Crippen molar-refractivity contribution in [1.29, 1.82) is 0 Å². The number of pyridine rings is 1. The molecule has 4 rings (SSSR count). The van der Waals surface area contributed by atoms with E-state index in [4.69, 9.17) is 0 Å². The van der Waals surface area contributed by atoms with Crippen LogP contribution in [-0.2, 0) is 6.54 Å². The molecule has 25 heavy (non-hydrogen) atoms. The highest BCUT2D eigenvalue weighted by atomic mass is 19.1. The number of nitrogens with zero attached hydrogens (tertiary/aromatic N) is 5. The fraction of sp³-hybridized carbons (Fsp3) is 0.0526. The fourth-order valence-corrected chi connectivity index (χ4v) is 2.64. The molecule has 0 spiro atoms. The Hall–Kier alpha value is -3.41. The monoisotopic (exact) mass is 331 g/mol. The Bertz CT molecular complexity index is 1050. The highest BCUT2D eigenvalue weighted by molar-refractivity contribution is 5.89. The van der Waals surface area contributed by atoms with Crippen molar-refractivity contribution in [1.82, 2.24) is 24.7 Å². The van der Waals surface area contributed by atoms with Gasteiger partial charge in [0.25, 0.3) is 0 Å². The number of hydrogen-bond acceptors (Lipinski definition) is 4. The van der Waals surface area contributed by atoms with Gasteiger partial charge in [-0.05, 0) is 18.2 Å². The largest absolute Gasteiger partial charge is 0.242 e. The predicted molar refractivity (Wildman–Crippen MR) is 94.1 cm³/mol. The lowest BCUT2D eigenvalue weighted by molar-refractivity contribution is 0.589. The first kappa shape index (κ1) is 15.1. The van der Waals surface area contributed by atoms with Gasteiger partial charge in [0.2, 0.25) is 0 Å². The minimum absolute atomic E-state index is 0.268. The number of aromatic nitrogens is 5. The van der Waals surface area contributed by atoms with Crippen LogP contribution in [0.5, 0.6) is 0 Å². The van der Waals surface area contributed by atoms with Crippen molar-refractivity contribution < 1.29 is 4.39 Å². The maximum Gasteiger partial charge on any atom is 0.180 e. The summed E-state index contributed by atoms with van der Waals surface area (Å²) in [6.07, 6.45) is 6.74. The Kier molecular flexibility index (Phi) is 3.78. The zero-order valence-corrected chi connectivity index (χ0v) is 13.3. The van der Waals surface area contributed by atoms with E-state index in [0.717, 1.165) is 10.9 Å². The molecular weight excluding hydrogens is 317 g/mol. The van der Waals surface area contributed by atoms with Gasteiger partial charge >= 0.3 is 0 Å². The van der Waals surface area contributed by atoms with E-state index >= 15 is 0 Å². The molecule has 0 saturated heterocycles. The Morgan fingerprint density at radius 1 is 1.04 bits per heavy atom. The summed E-state index contributed by atoms with van der Waals surface area (Å²) in [6.45, 7) is 3.98. The van der Waals surface area contributed by atoms with Crippen LogP contribution in [0.2, 0.25) is 0 Å². The molecule has 0 saturated carbocycles. The minimum atomic E-state index is -0.268. The molecule has 0 bridgehead atoms. The van der Waals surface area contributed by atoms with E-state index in [0.29, 0.717) is 22.7 Å². The number of fused-ring (bicyclic) bond motifs is 1. The van der Waals surface area contributed by atoms with E-state index in [2.05, 4.69) is 26.6 Å². The van der Waals surface area contributed by atoms with Crippen LogP contribution < -0.4 is 0 Å². The molecule has 6 heteroatoms. The molecule has 0 unspecified atom stereocenters. The molecule has 0 atom stereocenters. The van der Waals surface area contributed by atoms with Gasteiger partial charge in [-0.3, -0.25) is 0 Å². The standard InChI is InChI=1S/C19H14FN5/c1-2-13-10-22-18(23-11-13)17-15-7-5-9-21-19(15)25(24-17)12-14-6-3-4-8-16(14)20/h2-11H,1,12H2. The molecule has 4 aromatic rings.